The molecule has 1 aliphatic carbocycles. The number of benzene rings is 1. The Morgan fingerprint density at radius 1 is 1.07 bits per heavy atom. The lowest BCUT2D eigenvalue weighted by Crippen LogP contribution is -2.45. The summed E-state index contributed by atoms with van der Waals surface area (Å²) in [5, 5.41) is 16.4. The van der Waals surface area contributed by atoms with Crippen molar-refractivity contribution in [2.24, 2.45) is 4.99 Å². The van der Waals surface area contributed by atoms with Crippen LogP contribution in [0.15, 0.2) is 17.1 Å². The Bertz CT molecular complexity index is 594. The number of nitrogens with zero attached hydrogens (tertiary/aromatic N) is 1. The van der Waals surface area contributed by atoms with Gasteiger partial charge in [0.05, 0.1) is 27.4 Å². The summed E-state index contributed by atoms with van der Waals surface area (Å²) in [6, 6.07) is 4.08. The van der Waals surface area contributed by atoms with E-state index in [9.17, 15) is 5.11 Å². The molecule has 1 aromatic rings. The predicted octanol–water partition coefficient (Wildman–Crippen LogP) is 2.73. The summed E-state index contributed by atoms with van der Waals surface area (Å²) < 4.78 is 16.3. The molecule has 8 heteroatoms. The Labute approximate surface area is 185 Å². The number of aliphatic hydroxyl groups excluding tert-OH is 1. The van der Waals surface area contributed by atoms with Crippen molar-refractivity contribution in [2.45, 2.75) is 51.2 Å². The van der Waals surface area contributed by atoms with E-state index in [1.165, 1.54) is 0 Å². The maximum Gasteiger partial charge on any atom is 0.191 e. The summed E-state index contributed by atoms with van der Waals surface area (Å²) in [6.45, 7) is 3.46. The fourth-order valence-corrected chi connectivity index (χ4v) is 3.34. The van der Waals surface area contributed by atoms with E-state index >= 15 is 0 Å². The highest BCUT2D eigenvalue weighted by Gasteiger charge is 2.20. The number of aliphatic hydroxyl groups is 1. The predicted molar refractivity (Wildman–Crippen MR) is 123 cm³/mol. The molecule has 0 unspecified atom stereocenters. The molecular weight excluding hydrogens is 473 g/mol. The van der Waals surface area contributed by atoms with Gasteiger partial charge in [-0.1, -0.05) is 0 Å². The molecule has 0 aliphatic heterocycles. The van der Waals surface area contributed by atoms with Gasteiger partial charge in [-0.05, 0) is 39.0 Å². The molecule has 0 spiro atoms. The smallest absolute Gasteiger partial charge is 0.191 e. The minimum Gasteiger partial charge on any atom is -0.496 e. The van der Waals surface area contributed by atoms with Crippen LogP contribution in [-0.2, 0) is 6.42 Å². The highest BCUT2D eigenvalue weighted by molar-refractivity contribution is 14.0. The minimum atomic E-state index is -0.155. The van der Waals surface area contributed by atoms with E-state index in [-0.39, 0.29) is 30.1 Å². The molecule has 1 aromatic carbocycles. The molecule has 0 aromatic heterocycles. The highest BCUT2D eigenvalue weighted by atomic mass is 127. The molecule has 0 amide bonds. The molecular formula is C20H34IN3O4. The molecule has 1 aliphatic rings. The van der Waals surface area contributed by atoms with Crippen molar-refractivity contribution in [1.29, 1.82) is 0 Å². The van der Waals surface area contributed by atoms with Gasteiger partial charge in [-0.25, -0.2) is 0 Å². The molecule has 1 fully saturated rings. The van der Waals surface area contributed by atoms with Crippen molar-refractivity contribution in [1.82, 2.24) is 10.6 Å². The first-order valence-electron chi connectivity index (χ1n) is 9.63. The van der Waals surface area contributed by atoms with Gasteiger partial charge in [-0.15, -0.1) is 24.0 Å². The van der Waals surface area contributed by atoms with Crippen molar-refractivity contribution < 1.29 is 19.3 Å². The van der Waals surface area contributed by atoms with Crippen LogP contribution in [-0.4, -0.2) is 57.6 Å². The molecule has 0 saturated heterocycles. The van der Waals surface area contributed by atoms with Crippen molar-refractivity contribution in [3.05, 3.63) is 17.7 Å². The van der Waals surface area contributed by atoms with Gasteiger partial charge in [0.25, 0.3) is 0 Å². The lowest BCUT2D eigenvalue weighted by Gasteiger charge is -2.27. The van der Waals surface area contributed by atoms with E-state index in [0.717, 1.165) is 55.3 Å². The molecule has 28 heavy (non-hydrogen) atoms. The monoisotopic (exact) mass is 507 g/mol. The van der Waals surface area contributed by atoms with Crippen LogP contribution in [0.1, 0.15) is 38.2 Å². The first-order chi connectivity index (χ1) is 13.1. The third-order valence-corrected chi connectivity index (χ3v) is 4.83. The Kier molecular flexibility index (Phi) is 11.4. The Morgan fingerprint density at radius 3 is 2.18 bits per heavy atom. The van der Waals surface area contributed by atoms with E-state index in [1.807, 2.05) is 12.1 Å². The number of halogens is 1. The second-order valence-corrected chi connectivity index (χ2v) is 6.67. The van der Waals surface area contributed by atoms with Crippen molar-refractivity contribution >= 4 is 29.9 Å². The standard InChI is InChI=1S/C20H33N3O4.HI/c1-5-21-20(23-14-6-8-15(24)9-7-14)22-11-10-17-18(26-3)12-16(25-2)13-19(17)27-4;/h12-15,24H,5-11H2,1-4H3,(H2,21,22,23);1H. The third-order valence-electron chi connectivity index (χ3n) is 4.83. The van der Waals surface area contributed by atoms with Crippen LogP contribution in [0.3, 0.4) is 0 Å². The molecule has 1 saturated carbocycles. The van der Waals surface area contributed by atoms with Crippen LogP contribution in [0.25, 0.3) is 0 Å². The zero-order valence-corrected chi connectivity index (χ0v) is 19.6. The van der Waals surface area contributed by atoms with Gasteiger partial charge in [0.2, 0.25) is 0 Å². The van der Waals surface area contributed by atoms with Gasteiger partial charge in [-0.3, -0.25) is 4.99 Å². The molecule has 0 radical (unpaired) electrons. The van der Waals surface area contributed by atoms with Crippen LogP contribution in [0.2, 0.25) is 0 Å². The number of methoxy groups -OCH3 is 3. The normalized spacial score (nSPS) is 19.4. The molecule has 2 rings (SSSR count). The summed E-state index contributed by atoms with van der Waals surface area (Å²) in [5.41, 5.74) is 0.973. The largest absolute Gasteiger partial charge is 0.496 e. The van der Waals surface area contributed by atoms with Gasteiger partial charge < -0.3 is 30.0 Å². The SMILES string of the molecule is CCNC(=NCCc1c(OC)cc(OC)cc1OC)NC1CCC(O)CC1.I. The molecule has 160 valence electrons. The van der Waals surface area contributed by atoms with Crippen LogP contribution in [0.5, 0.6) is 17.2 Å². The van der Waals surface area contributed by atoms with E-state index < -0.39 is 0 Å². The molecule has 7 nitrogen and oxygen atoms in total. The van der Waals surface area contributed by atoms with E-state index in [4.69, 9.17) is 19.2 Å². The highest BCUT2D eigenvalue weighted by Crippen LogP contribution is 2.34. The molecule has 0 bridgehead atoms. The first kappa shape index (κ1) is 24.6. The lowest BCUT2D eigenvalue weighted by atomic mass is 9.93. The summed E-state index contributed by atoms with van der Waals surface area (Å²) in [5.74, 6) is 2.98. The van der Waals surface area contributed by atoms with E-state index in [0.29, 0.717) is 24.8 Å². The van der Waals surface area contributed by atoms with E-state index in [1.54, 1.807) is 21.3 Å². The number of aliphatic imine (C=N–C) groups is 1. The van der Waals surface area contributed by atoms with Gasteiger partial charge in [0.1, 0.15) is 17.2 Å². The summed E-state index contributed by atoms with van der Waals surface area (Å²) in [6.07, 6.45) is 4.15. The van der Waals surface area contributed by atoms with Gasteiger partial charge in [0.15, 0.2) is 5.96 Å². The zero-order valence-electron chi connectivity index (χ0n) is 17.3. The average Bonchev–Trinajstić information content (AvgIpc) is 2.69. The number of hydrogen-bond donors (Lipinski definition) is 3. The van der Waals surface area contributed by atoms with Crippen LogP contribution < -0.4 is 24.8 Å². The van der Waals surface area contributed by atoms with Crippen molar-refractivity contribution in [3.8, 4) is 17.2 Å². The summed E-state index contributed by atoms with van der Waals surface area (Å²) >= 11 is 0. The van der Waals surface area contributed by atoms with Crippen molar-refractivity contribution in [2.75, 3.05) is 34.4 Å². The number of rotatable bonds is 8. The Hall–Kier alpha value is -1.42. The number of ether oxygens (including phenoxy) is 3. The van der Waals surface area contributed by atoms with Gasteiger partial charge >= 0.3 is 0 Å². The molecule has 0 atom stereocenters. The summed E-state index contributed by atoms with van der Waals surface area (Å²) in [4.78, 5) is 4.70. The quantitative estimate of drug-likeness (QED) is 0.285. The van der Waals surface area contributed by atoms with E-state index in [2.05, 4.69) is 17.6 Å². The molecule has 0 heterocycles. The van der Waals surface area contributed by atoms with Gasteiger partial charge in [0, 0.05) is 36.8 Å². The maximum absolute atomic E-state index is 9.66. The average molecular weight is 507 g/mol. The Morgan fingerprint density at radius 2 is 1.68 bits per heavy atom. The van der Waals surface area contributed by atoms with Crippen LogP contribution >= 0.6 is 24.0 Å². The second-order valence-electron chi connectivity index (χ2n) is 6.67. The zero-order chi connectivity index (χ0) is 19.6. The topological polar surface area (TPSA) is 84.3 Å². The minimum absolute atomic E-state index is 0. The second kappa shape index (κ2) is 12.9. The number of nitrogens with one attached hydrogen (secondary N) is 2. The van der Waals surface area contributed by atoms with Crippen LogP contribution in [0, 0.1) is 0 Å². The maximum atomic E-state index is 9.66. The third kappa shape index (κ3) is 7.20. The lowest BCUT2D eigenvalue weighted by molar-refractivity contribution is 0.120. The molecule has 3 N–H and O–H groups in total. The fourth-order valence-electron chi connectivity index (χ4n) is 3.34. The van der Waals surface area contributed by atoms with Gasteiger partial charge in [-0.2, -0.15) is 0 Å². The summed E-state index contributed by atoms with van der Waals surface area (Å²) in [7, 11) is 4.91. The Balaban J connectivity index is 0.00000392. The fraction of sp³-hybridized carbons (Fsp3) is 0.650. The number of hydrogen-bond acceptors (Lipinski definition) is 5. The van der Waals surface area contributed by atoms with Crippen LogP contribution in [0.4, 0.5) is 0 Å². The first-order valence-corrected chi connectivity index (χ1v) is 9.63. The van der Waals surface area contributed by atoms with Crippen molar-refractivity contribution in [3.63, 3.8) is 0 Å². The number of guanidine groups is 1.